The number of ether oxygens (including phenoxy) is 3. The van der Waals surface area contributed by atoms with E-state index in [0.717, 1.165) is 11.1 Å². The molecule has 0 aliphatic carbocycles. The number of fused-ring (bicyclic) bond motifs is 1. The molecule has 1 amide bonds. The van der Waals surface area contributed by atoms with E-state index in [0.29, 0.717) is 40.1 Å². The van der Waals surface area contributed by atoms with Crippen molar-refractivity contribution in [2.45, 2.75) is 58.6 Å². The molecule has 1 saturated heterocycles. The van der Waals surface area contributed by atoms with Crippen LogP contribution in [0.15, 0.2) is 65.4 Å². The van der Waals surface area contributed by atoms with E-state index in [1.165, 1.54) is 6.26 Å². The van der Waals surface area contributed by atoms with Crippen molar-refractivity contribution in [3.63, 3.8) is 0 Å². The zero-order valence-corrected chi connectivity index (χ0v) is 23.3. The van der Waals surface area contributed by atoms with Crippen LogP contribution in [-0.4, -0.2) is 35.5 Å². The number of amides is 1. The van der Waals surface area contributed by atoms with Gasteiger partial charge in [-0.3, -0.25) is 9.78 Å². The second-order valence-electron chi connectivity index (χ2n) is 10.6. The van der Waals surface area contributed by atoms with Crippen LogP contribution in [0.1, 0.15) is 50.6 Å². The summed E-state index contributed by atoms with van der Waals surface area (Å²) in [7, 11) is 0. The van der Waals surface area contributed by atoms with Crippen molar-refractivity contribution in [2.24, 2.45) is 0 Å². The third-order valence-corrected chi connectivity index (χ3v) is 6.39. The minimum Gasteiger partial charge on any atom is -0.466 e. The lowest BCUT2D eigenvalue weighted by Gasteiger charge is -2.19. The molecular formula is C31H32FN3O6. The number of aromatic nitrogens is 1. The van der Waals surface area contributed by atoms with Crippen LogP contribution in [0.25, 0.3) is 22.1 Å². The number of furan rings is 1. The lowest BCUT2D eigenvalue weighted by Crippen LogP contribution is -2.32. The lowest BCUT2D eigenvalue weighted by molar-refractivity contribution is -0.142. The highest BCUT2D eigenvalue weighted by Gasteiger charge is 2.43. The molecule has 2 aromatic carbocycles. The van der Waals surface area contributed by atoms with Gasteiger partial charge in [0.1, 0.15) is 23.1 Å². The van der Waals surface area contributed by atoms with Gasteiger partial charge in [0.05, 0.1) is 36.9 Å². The molecule has 0 spiro atoms. The summed E-state index contributed by atoms with van der Waals surface area (Å²) in [5.74, 6) is -0.749. The third-order valence-electron chi connectivity index (χ3n) is 6.39. The summed E-state index contributed by atoms with van der Waals surface area (Å²) >= 11 is 0. The average molecular weight is 562 g/mol. The number of esters is 1. The molecule has 10 heteroatoms. The molecule has 2 N–H and O–H groups in total. The van der Waals surface area contributed by atoms with Gasteiger partial charge in [-0.2, -0.15) is 0 Å². The summed E-state index contributed by atoms with van der Waals surface area (Å²) in [6, 6.07) is 14.3. The van der Waals surface area contributed by atoms with Crippen molar-refractivity contribution in [2.75, 3.05) is 11.9 Å². The van der Waals surface area contributed by atoms with Gasteiger partial charge in [-0.25, -0.2) is 9.18 Å². The Kier molecular flexibility index (Phi) is 7.94. The second-order valence-corrected chi connectivity index (χ2v) is 10.6. The molecule has 2 aromatic heterocycles. The van der Waals surface area contributed by atoms with Crippen LogP contribution in [0.2, 0.25) is 0 Å². The predicted molar refractivity (Wildman–Crippen MR) is 150 cm³/mol. The first kappa shape index (κ1) is 28.1. The number of benzene rings is 2. The largest absolute Gasteiger partial charge is 0.466 e. The molecule has 1 aliphatic rings. The number of nitrogens with zero attached hydrogens (tertiary/aromatic N) is 1. The Hall–Kier alpha value is -4.44. The Morgan fingerprint density at radius 2 is 1.93 bits per heavy atom. The Balaban J connectivity index is 1.37. The number of carbonyl (C=O) groups is 2. The molecule has 41 heavy (non-hydrogen) atoms. The molecule has 0 bridgehead atoms. The molecular weight excluding hydrogens is 529 g/mol. The summed E-state index contributed by atoms with van der Waals surface area (Å²) in [5, 5.41) is 6.32. The van der Waals surface area contributed by atoms with E-state index in [1.807, 2.05) is 30.3 Å². The first-order chi connectivity index (χ1) is 19.6. The number of nitrogens with one attached hydrogen (secondary N) is 2. The van der Waals surface area contributed by atoms with Gasteiger partial charge in [-0.15, -0.1) is 0 Å². The molecule has 1 fully saturated rings. The van der Waals surface area contributed by atoms with Crippen LogP contribution in [0.4, 0.5) is 14.9 Å². The van der Waals surface area contributed by atoms with E-state index < -0.39 is 29.8 Å². The number of hydrogen-bond donors (Lipinski definition) is 2. The molecule has 2 unspecified atom stereocenters. The monoisotopic (exact) mass is 561 g/mol. The maximum atomic E-state index is 15.7. The SMILES string of the molecule is CCOC(=O)Cc1ccccc1NC1OC1c1cc(-c2ccnc(CNC(=O)OC(C)(C)C)c2)c2occc2c1F. The van der Waals surface area contributed by atoms with Crippen LogP contribution < -0.4 is 10.6 Å². The van der Waals surface area contributed by atoms with Gasteiger partial charge in [-0.05, 0) is 69.2 Å². The number of anilines is 1. The Morgan fingerprint density at radius 1 is 1.12 bits per heavy atom. The van der Waals surface area contributed by atoms with Crippen LogP contribution in [0.5, 0.6) is 0 Å². The van der Waals surface area contributed by atoms with Crippen LogP contribution in [-0.2, 0) is 32.0 Å². The van der Waals surface area contributed by atoms with Crippen molar-refractivity contribution in [3.05, 3.63) is 83.6 Å². The molecule has 0 radical (unpaired) electrons. The maximum Gasteiger partial charge on any atom is 0.407 e. The second kappa shape index (κ2) is 11.6. The predicted octanol–water partition coefficient (Wildman–Crippen LogP) is 6.27. The zero-order valence-electron chi connectivity index (χ0n) is 23.3. The molecule has 0 saturated carbocycles. The molecule has 5 rings (SSSR count). The standard InChI is InChI=1S/C31H32FN3O6/c1-5-38-25(36)15-19-8-6-7-9-24(19)35-29-28(40-29)23-16-22(27-21(26(23)32)11-13-39-27)18-10-12-33-20(14-18)17-34-30(37)41-31(2,3)4/h6-14,16,28-29,35H,5,15,17H2,1-4H3,(H,34,37). The number of epoxide rings is 1. The Labute approximate surface area is 237 Å². The lowest BCUT2D eigenvalue weighted by atomic mass is 9.98. The Bertz CT molecular complexity index is 1580. The highest BCUT2D eigenvalue weighted by molar-refractivity contribution is 5.94. The number of hydrogen-bond acceptors (Lipinski definition) is 8. The minimum atomic E-state index is -0.616. The van der Waals surface area contributed by atoms with Gasteiger partial charge in [0.15, 0.2) is 6.23 Å². The molecule has 1 aliphatic heterocycles. The fraction of sp³-hybridized carbons (Fsp3) is 0.323. The number of carbonyl (C=O) groups excluding carboxylic acids is 2. The number of para-hydroxylation sites is 1. The van der Waals surface area contributed by atoms with E-state index >= 15 is 4.39 Å². The minimum absolute atomic E-state index is 0.112. The van der Waals surface area contributed by atoms with Gasteiger partial charge < -0.3 is 29.3 Å². The maximum absolute atomic E-state index is 15.7. The molecule has 2 atom stereocenters. The van der Waals surface area contributed by atoms with Crippen molar-refractivity contribution in [3.8, 4) is 11.1 Å². The fourth-order valence-electron chi connectivity index (χ4n) is 4.57. The van der Waals surface area contributed by atoms with Gasteiger partial charge in [0.25, 0.3) is 0 Å². The topological polar surface area (TPSA) is 115 Å². The van der Waals surface area contributed by atoms with E-state index in [9.17, 15) is 9.59 Å². The third kappa shape index (κ3) is 6.66. The summed E-state index contributed by atoms with van der Waals surface area (Å²) in [4.78, 5) is 28.5. The van der Waals surface area contributed by atoms with Crippen molar-refractivity contribution in [1.29, 1.82) is 0 Å². The summed E-state index contributed by atoms with van der Waals surface area (Å²) < 4.78 is 37.6. The summed E-state index contributed by atoms with van der Waals surface area (Å²) in [5.41, 5.74) is 3.64. The summed E-state index contributed by atoms with van der Waals surface area (Å²) in [6.45, 7) is 7.59. The normalized spacial score (nSPS) is 16.3. The molecule has 4 aromatic rings. The molecule has 3 heterocycles. The van der Waals surface area contributed by atoms with Crippen molar-refractivity contribution < 1.29 is 32.6 Å². The van der Waals surface area contributed by atoms with Crippen molar-refractivity contribution in [1.82, 2.24) is 10.3 Å². The first-order valence-electron chi connectivity index (χ1n) is 13.4. The zero-order chi connectivity index (χ0) is 29.1. The number of halogens is 1. The van der Waals surface area contributed by atoms with Gasteiger partial charge in [0.2, 0.25) is 0 Å². The summed E-state index contributed by atoms with van der Waals surface area (Å²) in [6.07, 6.45) is 1.59. The highest BCUT2D eigenvalue weighted by Crippen LogP contribution is 2.45. The molecule has 9 nitrogen and oxygen atoms in total. The highest BCUT2D eigenvalue weighted by atomic mass is 19.1. The quantitative estimate of drug-likeness (QED) is 0.181. The number of rotatable bonds is 9. The fourth-order valence-corrected chi connectivity index (χ4v) is 4.57. The van der Waals surface area contributed by atoms with Gasteiger partial charge in [0, 0.05) is 23.0 Å². The van der Waals surface area contributed by atoms with Crippen molar-refractivity contribution >= 4 is 28.7 Å². The van der Waals surface area contributed by atoms with Crippen LogP contribution >= 0.6 is 0 Å². The Morgan fingerprint density at radius 3 is 2.71 bits per heavy atom. The van der Waals surface area contributed by atoms with Gasteiger partial charge in [-0.1, -0.05) is 18.2 Å². The van der Waals surface area contributed by atoms with E-state index in [4.69, 9.17) is 18.6 Å². The van der Waals surface area contributed by atoms with Crippen LogP contribution in [0, 0.1) is 5.82 Å². The number of pyridine rings is 1. The van der Waals surface area contributed by atoms with E-state index in [1.54, 1.807) is 52.1 Å². The smallest absolute Gasteiger partial charge is 0.407 e. The van der Waals surface area contributed by atoms with Crippen LogP contribution in [0.3, 0.4) is 0 Å². The average Bonchev–Trinajstić information content (AvgIpc) is 3.49. The van der Waals surface area contributed by atoms with Gasteiger partial charge >= 0.3 is 12.1 Å². The van der Waals surface area contributed by atoms with E-state index in [2.05, 4.69) is 15.6 Å². The number of alkyl carbamates (subject to hydrolysis) is 1. The van der Waals surface area contributed by atoms with E-state index in [-0.39, 0.29) is 18.9 Å². The first-order valence-corrected chi connectivity index (χ1v) is 13.4. The molecule has 214 valence electrons.